The lowest BCUT2D eigenvalue weighted by atomic mass is 9.97. The van der Waals surface area contributed by atoms with Gasteiger partial charge in [0.2, 0.25) is 10.0 Å². The maximum atomic E-state index is 12.7. The molecule has 132 valence electrons. The smallest absolute Gasteiger partial charge is 0.207 e. The first kappa shape index (κ1) is 17.9. The van der Waals surface area contributed by atoms with Crippen molar-refractivity contribution in [3.63, 3.8) is 0 Å². The standard InChI is InChI=1S/C21H25NO2S/c1-17-3-7-19(8-4-17)9-10-20-13-15-22(16-14-20)25(23,24)21-11-5-18(2)6-12-21/h3-12,20H,13-16H2,1-2H3/b10-9+. The number of hydrogen-bond donors (Lipinski definition) is 0. The van der Waals surface area contributed by atoms with E-state index in [0.29, 0.717) is 23.9 Å². The fourth-order valence-corrected chi connectivity index (χ4v) is 4.56. The molecular weight excluding hydrogens is 330 g/mol. The second-order valence-electron chi connectivity index (χ2n) is 6.82. The summed E-state index contributed by atoms with van der Waals surface area (Å²) in [6, 6.07) is 15.6. The Hall–Kier alpha value is -1.91. The largest absolute Gasteiger partial charge is 0.243 e. The molecule has 0 radical (unpaired) electrons. The number of piperidine rings is 1. The van der Waals surface area contributed by atoms with Gasteiger partial charge in [-0.25, -0.2) is 8.42 Å². The van der Waals surface area contributed by atoms with Gasteiger partial charge in [0.25, 0.3) is 0 Å². The molecule has 1 saturated heterocycles. The molecule has 0 aliphatic carbocycles. The van der Waals surface area contributed by atoms with Crippen molar-refractivity contribution in [2.24, 2.45) is 5.92 Å². The van der Waals surface area contributed by atoms with Gasteiger partial charge in [-0.2, -0.15) is 4.31 Å². The maximum Gasteiger partial charge on any atom is 0.243 e. The average molecular weight is 356 g/mol. The van der Waals surface area contributed by atoms with Crippen LogP contribution in [0.25, 0.3) is 6.08 Å². The van der Waals surface area contributed by atoms with Crippen LogP contribution in [0.5, 0.6) is 0 Å². The van der Waals surface area contributed by atoms with Gasteiger partial charge in [-0.1, -0.05) is 59.7 Å². The molecule has 2 aromatic carbocycles. The molecule has 0 unspecified atom stereocenters. The van der Waals surface area contributed by atoms with E-state index in [1.165, 1.54) is 11.1 Å². The summed E-state index contributed by atoms with van der Waals surface area (Å²) in [5.41, 5.74) is 3.52. The predicted octanol–water partition coefficient (Wildman–Crippen LogP) is 4.42. The first-order valence-corrected chi connectivity index (χ1v) is 10.2. The Labute approximate surface area is 151 Å². The van der Waals surface area contributed by atoms with Crippen LogP contribution in [0.1, 0.15) is 29.5 Å². The summed E-state index contributed by atoms with van der Waals surface area (Å²) < 4.78 is 27.1. The first-order valence-electron chi connectivity index (χ1n) is 8.77. The Morgan fingerprint density at radius 1 is 0.880 bits per heavy atom. The van der Waals surface area contributed by atoms with Crippen molar-refractivity contribution in [3.8, 4) is 0 Å². The minimum absolute atomic E-state index is 0.395. The van der Waals surface area contributed by atoms with Crippen molar-refractivity contribution >= 4 is 16.1 Å². The summed E-state index contributed by atoms with van der Waals surface area (Å²) >= 11 is 0. The number of rotatable bonds is 4. The van der Waals surface area contributed by atoms with Crippen molar-refractivity contribution in [3.05, 3.63) is 71.3 Å². The quantitative estimate of drug-likeness (QED) is 0.814. The van der Waals surface area contributed by atoms with Gasteiger partial charge in [0.1, 0.15) is 0 Å². The molecule has 0 saturated carbocycles. The Morgan fingerprint density at radius 3 is 1.96 bits per heavy atom. The summed E-state index contributed by atoms with van der Waals surface area (Å²) in [4.78, 5) is 0.395. The third kappa shape index (κ3) is 4.39. The van der Waals surface area contributed by atoms with Gasteiger partial charge < -0.3 is 0 Å². The molecule has 0 amide bonds. The number of aryl methyl sites for hydroxylation is 2. The number of nitrogens with zero attached hydrogens (tertiary/aromatic N) is 1. The zero-order valence-electron chi connectivity index (χ0n) is 14.9. The Kier molecular flexibility index (Phi) is 5.40. The van der Waals surface area contributed by atoms with Crippen molar-refractivity contribution in [2.75, 3.05) is 13.1 Å². The minimum atomic E-state index is -3.36. The number of benzene rings is 2. The molecule has 1 aliphatic rings. The van der Waals surface area contributed by atoms with Crippen molar-refractivity contribution in [1.29, 1.82) is 0 Å². The number of allylic oxidation sites excluding steroid dienone is 1. The fourth-order valence-electron chi connectivity index (χ4n) is 3.09. The summed E-state index contributed by atoms with van der Waals surface area (Å²) in [7, 11) is -3.36. The van der Waals surface area contributed by atoms with Gasteiger partial charge in [0, 0.05) is 13.1 Å². The van der Waals surface area contributed by atoms with Gasteiger partial charge in [-0.05, 0) is 50.3 Å². The molecule has 0 N–H and O–H groups in total. The number of hydrogen-bond acceptors (Lipinski definition) is 2. The molecule has 1 aliphatic heterocycles. The SMILES string of the molecule is Cc1ccc(/C=C/C2CCN(S(=O)(=O)c3ccc(C)cc3)CC2)cc1. The monoisotopic (exact) mass is 355 g/mol. The zero-order valence-corrected chi connectivity index (χ0v) is 15.7. The van der Waals surface area contributed by atoms with Gasteiger partial charge in [0.05, 0.1) is 4.90 Å². The van der Waals surface area contributed by atoms with Crippen molar-refractivity contribution in [1.82, 2.24) is 4.31 Å². The lowest BCUT2D eigenvalue weighted by molar-refractivity contribution is 0.306. The van der Waals surface area contributed by atoms with E-state index in [2.05, 4.69) is 43.3 Å². The third-order valence-corrected chi connectivity index (χ3v) is 6.71. The molecule has 3 nitrogen and oxygen atoms in total. The van der Waals surface area contributed by atoms with E-state index in [4.69, 9.17) is 0 Å². The van der Waals surface area contributed by atoms with Crippen LogP contribution >= 0.6 is 0 Å². The fraction of sp³-hybridized carbons (Fsp3) is 0.333. The Balaban J connectivity index is 1.61. The average Bonchev–Trinajstić information content (AvgIpc) is 2.62. The molecule has 4 heteroatoms. The van der Waals surface area contributed by atoms with Crippen LogP contribution in [-0.4, -0.2) is 25.8 Å². The number of sulfonamides is 1. The molecule has 2 aromatic rings. The normalized spacial score (nSPS) is 17.2. The van der Waals surface area contributed by atoms with Gasteiger partial charge in [-0.15, -0.1) is 0 Å². The highest BCUT2D eigenvalue weighted by molar-refractivity contribution is 7.89. The van der Waals surface area contributed by atoms with E-state index < -0.39 is 10.0 Å². The molecule has 0 bridgehead atoms. The molecule has 1 heterocycles. The highest BCUT2D eigenvalue weighted by Crippen LogP contribution is 2.25. The lowest BCUT2D eigenvalue weighted by Gasteiger charge is -2.30. The predicted molar refractivity (Wildman–Crippen MR) is 103 cm³/mol. The second-order valence-corrected chi connectivity index (χ2v) is 8.76. The first-order chi connectivity index (χ1) is 11.9. The summed E-state index contributed by atoms with van der Waals surface area (Å²) in [6.45, 7) is 5.21. The van der Waals surface area contributed by atoms with Crippen LogP contribution in [0.2, 0.25) is 0 Å². The van der Waals surface area contributed by atoms with Crippen LogP contribution in [0, 0.1) is 19.8 Å². The van der Waals surface area contributed by atoms with Crippen LogP contribution in [0.3, 0.4) is 0 Å². The van der Waals surface area contributed by atoms with Crippen LogP contribution in [-0.2, 0) is 10.0 Å². The topological polar surface area (TPSA) is 37.4 Å². The summed E-state index contributed by atoms with van der Waals surface area (Å²) in [5.74, 6) is 0.436. The van der Waals surface area contributed by atoms with Crippen molar-refractivity contribution < 1.29 is 8.42 Å². The van der Waals surface area contributed by atoms with E-state index in [1.54, 1.807) is 16.4 Å². The van der Waals surface area contributed by atoms with E-state index in [1.807, 2.05) is 19.1 Å². The highest BCUT2D eigenvalue weighted by Gasteiger charge is 2.28. The molecule has 0 spiro atoms. The summed E-state index contributed by atoms with van der Waals surface area (Å²) in [5, 5.41) is 0. The highest BCUT2D eigenvalue weighted by atomic mass is 32.2. The maximum absolute atomic E-state index is 12.7. The molecule has 0 atom stereocenters. The van der Waals surface area contributed by atoms with Gasteiger partial charge in [-0.3, -0.25) is 0 Å². The van der Waals surface area contributed by atoms with E-state index in [9.17, 15) is 8.42 Å². The van der Waals surface area contributed by atoms with Crippen LogP contribution in [0.15, 0.2) is 59.5 Å². The lowest BCUT2D eigenvalue weighted by Crippen LogP contribution is -2.38. The minimum Gasteiger partial charge on any atom is -0.207 e. The Bertz CT molecular complexity index is 828. The van der Waals surface area contributed by atoms with Crippen molar-refractivity contribution in [2.45, 2.75) is 31.6 Å². The molecule has 0 aromatic heterocycles. The third-order valence-electron chi connectivity index (χ3n) is 4.80. The summed E-state index contributed by atoms with van der Waals surface area (Å²) in [6.07, 6.45) is 6.11. The van der Waals surface area contributed by atoms with Gasteiger partial charge >= 0.3 is 0 Å². The molecule has 3 rings (SSSR count). The van der Waals surface area contributed by atoms with E-state index in [0.717, 1.165) is 18.4 Å². The van der Waals surface area contributed by atoms with Crippen LogP contribution in [0.4, 0.5) is 0 Å². The molecular formula is C21H25NO2S. The molecule has 25 heavy (non-hydrogen) atoms. The van der Waals surface area contributed by atoms with E-state index in [-0.39, 0.29) is 0 Å². The van der Waals surface area contributed by atoms with E-state index >= 15 is 0 Å². The zero-order chi connectivity index (χ0) is 17.9. The second kappa shape index (κ2) is 7.54. The Morgan fingerprint density at radius 2 is 1.40 bits per heavy atom. The van der Waals surface area contributed by atoms with Gasteiger partial charge in [0.15, 0.2) is 0 Å². The van der Waals surface area contributed by atoms with Crippen LogP contribution < -0.4 is 0 Å². The molecule has 1 fully saturated rings.